The van der Waals surface area contributed by atoms with Crippen LogP contribution in [0.4, 0.5) is 0 Å². The van der Waals surface area contributed by atoms with E-state index >= 15 is 0 Å². The molecule has 152 valence electrons. The van der Waals surface area contributed by atoms with Gasteiger partial charge in [0.1, 0.15) is 0 Å². The van der Waals surface area contributed by atoms with E-state index in [2.05, 4.69) is 134 Å². The van der Waals surface area contributed by atoms with Crippen LogP contribution in [0.3, 0.4) is 0 Å². The Morgan fingerprint density at radius 2 is 0.812 bits per heavy atom. The van der Waals surface area contributed by atoms with Crippen molar-refractivity contribution in [2.24, 2.45) is 0 Å². The zero-order chi connectivity index (χ0) is 21.8. The van der Waals surface area contributed by atoms with Gasteiger partial charge < -0.3 is 0 Å². The third-order valence-corrected chi connectivity index (χ3v) is 5.89. The Balaban J connectivity index is 1.73. The molecule has 0 radical (unpaired) electrons. The van der Waals surface area contributed by atoms with Crippen molar-refractivity contribution in [2.75, 3.05) is 0 Å². The van der Waals surface area contributed by atoms with Crippen molar-refractivity contribution in [1.82, 2.24) is 0 Å². The van der Waals surface area contributed by atoms with Crippen LogP contribution in [0.2, 0.25) is 0 Å². The van der Waals surface area contributed by atoms with Gasteiger partial charge in [-0.25, -0.2) is 0 Å². The van der Waals surface area contributed by atoms with E-state index in [1.165, 1.54) is 44.5 Å². The Kier molecular flexibility index (Phi) is 5.51. The van der Waals surface area contributed by atoms with Crippen LogP contribution >= 0.6 is 0 Å². The Morgan fingerprint density at radius 1 is 0.375 bits per heavy atom. The van der Waals surface area contributed by atoms with Crippen molar-refractivity contribution < 1.29 is 0 Å². The second kappa shape index (κ2) is 8.91. The highest BCUT2D eigenvalue weighted by Crippen LogP contribution is 2.42. The van der Waals surface area contributed by atoms with Crippen LogP contribution in [-0.2, 0) is 0 Å². The topological polar surface area (TPSA) is 0 Å². The minimum Gasteiger partial charge on any atom is -0.0984 e. The maximum Gasteiger partial charge on any atom is -0.00208 e. The Bertz CT molecular complexity index is 1330. The van der Waals surface area contributed by atoms with Gasteiger partial charge in [-0.15, -0.1) is 0 Å². The minimum atomic E-state index is 1.14. The van der Waals surface area contributed by atoms with Crippen molar-refractivity contribution in [2.45, 2.75) is 0 Å². The summed E-state index contributed by atoms with van der Waals surface area (Å²) in [4.78, 5) is 0. The molecule has 0 heteroatoms. The molecule has 5 aromatic rings. The van der Waals surface area contributed by atoms with E-state index in [-0.39, 0.29) is 0 Å². The fourth-order valence-corrected chi connectivity index (χ4v) is 4.32. The van der Waals surface area contributed by atoms with Gasteiger partial charge in [-0.2, -0.15) is 0 Å². The highest BCUT2D eigenvalue weighted by molar-refractivity contribution is 5.98. The summed E-state index contributed by atoms with van der Waals surface area (Å²) in [5, 5.41) is 0. The van der Waals surface area contributed by atoms with Gasteiger partial charge in [0.25, 0.3) is 0 Å². The maximum atomic E-state index is 4.10. The van der Waals surface area contributed by atoms with Gasteiger partial charge in [0.15, 0.2) is 0 Å². The molecular weight excluding hydrogens is 384 g/mol. The summed E-state index contributed by atoms with van der Waals surface area (Å²) in [6.45, 7) is 4.10. The smallest absolute Gasteiger partial charge is 0.00208 e. The Morgan fingerprint density at radius 3 is 1.34 bits per heavy atom. The van der Waals surface area contributed by atoms with E-state index in [1.54, 1.807) is 0 Å². The summed E-state index contributed by atoms with van der Waals surface area (Å²) in [6.07, 6.45) is 1.96. The molecule has 5 rings (SSSR count). The molecule has 0 N–H and O–H groups in total. The number of rotatable bonds is 5. The van der Waals surface area contributed by atoms with Crippen LogP contribution in [0.25, 0.3) is 50.6 Å². The predicted molar refractivity (Wildman–Crippen MR) is 138 cm³/mol. The highest BCUT2D eigenvalue weighted by atomic mass is 14.2. The van der Waals surface area contributed by atoms with E-state index in [9.17, 15) is 0 Å². The van der Waals surface area contributed by atoms with Crippen LogP contribution in [0.5, 0.6) is 0 Å². The van der Waals surface area contributed by atoms with Crippen LogP contribution in [0.15, 0.2) is 134 Å². The van der Waals surface area contributed by atoms with E-state index in [4.69, 9.17) is 0 Å². The second-order valence-corrected chi connectivity index (χ2v) is 7.83. The van der Waals surface area contributed by atoms with E-state index in [1.807, 2.05) is 6.08 Å². The van der Waals surface area contributed by atoms with Gasteiger partial charge in [0, 0.05) is 0 Å². The molecule has 0 atom stereocenters. The largest absolute Gasteiger partial charge is 0.0984 e. The SMILES string of the molecule is C=Cc1ccc(-c2ccc(-c3ccccc3)cc2)c(-c2ccccc2)c1-c1ccccc1. The van der Waals surface area contributed by atoms with Crippen molar-refractivity contribution in [3.63, 3.8) is 0 Å². The summed E-state index contributed by atoms with van der Waals surface area (Å²) < 4.78 is 0. The van der Waals surface area contributed by atoms with Crippen LogP contribution in [0, 0.1) is 0 Å². The van der Waals surface area contributed by atoms with Crippen LogP contribution < -0.4 is 0 Å². The lowest BCUT2D eigenvalue weighted by Crippen LogP contribution is -1.94. The number of hydrogen-bond donors (Lipinski definition) is 0. The zero-order valence-corrected chi connectivity index (χ0v) is 17.9. The summed E-state index contributed by atoms with van der Waals surface area (Å²) in [5.74, 6) is 0. The molecule has 0 aromatic heterocycles. The van der Waals surface area contributed by atoms with Crippen molar-refractivity contribution >= 4 is 6.08 Å². The lowest BCUT2D eigenvalue weighted by atomic mass is 9.84. The molecular formula is C32H24. The molecule has 0 aliphatic heterocycles. The van der Waals surface area contributed by atoms with Crippen LogP contribution in [-0.4, -0.2) is 0 Å². The number of hydrogen-bond acceptors (Lipinski definition) is 0. The summed E-state index contributed by atoms with van der Waals surface area (Å²) in [6, 6.07) is 45.1. The van der Waals surface area contributed by atoms with Gasteiger partial charge in [-0.3, -0.25) is 0 Å². The van der Waals surface area contributed by atoms with Gasteiger partial charge in [-0.05, 0) is 50.1 Å². The first-order valence-electron chi connectivity index (χ1n) is 10.9. The third-order valence-electron chi connectivity index (χ3n) is 5.89. The molecule has 0 saturated carbocycles. The number of benzene rings is 5. The molecule has 5 aromatic carbocycles. The summed E-state index contributed by atoms with van der Waals surface area (Å²) >= 11 is 0. The molecule has 32 heavy (non-hydrogen) atoms. The molecule has 0 saturated heterocycles. The molecule has 0 aliphatic carbocycles. The molecule has 0 nitrogen and oxygen atoms in total. The molecule has 0 unspecified atom stereocenters. The maximum absolute atomic E-state index is 4.10. The van der Waals surface area contributed by atoms with Crippen LogP contribution in [0.1, 0.15) is 5.56 Å². The summed E-state index contributed by atoms with van der Waals surface area (Å²) in [7, 11) is 0. The minimum absolute atomic E-state index is 1.14. The average Bonchev–Trinajstić information content (AvgIpc) is 2.89. The van der Waals surface area contributed by atoms with E-state index in [0.717, 1.165) is 5.56 Å². The van der Waals surface area contributed by atoms with Gasteiger partial charge >= 0.3 is 0 Å². The molecule has 0 bridgehead atoms. The average molecular weight is 409 g/mol. The Labute approximate surface area is 190 Å². The zero-order valence-electron chi connectivity index (χ0n) is 17.9. The first-order valence-corrected chi connectivity index (χ1v) is 10.9. The standard InChI is InChI=1S/C32H24/c1-2-24-22-23-30(27-20-18-26(19-21-27)25-12-6-3-7-13-25)32(29-16-10-5-11-17-29)31(24)28-14-8-4-9-15-28/h2-23H,1H2. The molecule has 0 amide bonds. The second-order valence-electron chi connectivity index (χ2n) is 7.83. The highest BCUT2D eigenvalue weighted by Gasteiger charge is 2.17. The lowest BCUT2D eigenvalue weighted by molar-refractivity contribution is 1.54. The third kappa shape index (κ3) is 3.79. The predicted octanol–water partition coefficient (Wildman–Crippen LogP) is 9.00. The summed E-state index contributed by atoms with van der Waals surface area (Å²) in [5.41, 5.74) is 10.9. The lowest BCUT2D eigenvalue weighted by Gasteiger charge is -2.19. The van der Waals surface area contributed by atoms with Gasteiger partial charge in [0.05, 0.1) is 0 Å². The van der Waals surface area contributed by atoms with Gasteiger partial charge in [0.2, 0.25) is 0 Å². The molecule has 0 spiro atoms. The van der Waals surface area contributed by atoms with Crippen molar-refractivity contribution in [3.8, 4) is 44.5 Å². The van der Waals surface area contributed by atoms with Crippen molar-refractivity contribution in [3.05, 3.63) is 140 Å². The molecule has 0 heterocycles. The van der Waals surface area contributed by atoms with Gasteiger partial charge in [-0.1, -0.05) is 140 Å². The Hall–Kier alpha value is -4.16. The fraction of sp³-hybridized carbons (Fsp3) is 0. The first kappa shape index (κ1) is 19.8. The first-order chi connectivity index (χ1) is 15.8. The molecule has 0 aliphatic rings. The monoisotopic (exact) mass is 408 g/mol. The fourth-order valence-electron chi connectivity index (χ4n) is 4.32. The van der Waals surface area contributed by atoms with E-state index < -0.39 is 0 Å². The molecule has 0 fully saturated rings. The normalized spacial score (nSPS) is 10.6. The van der Waals surface area contributed by atoms with Crippen molar-refractivity contribution in [1.29, 1.82) is 0 Å². The quantitative estimate of drug-likeness (QED) is 0.272. The van der Waals surface area contributed by atoms with E-state index in [0.29, 0.717) is 0 Å².